The zero-order valence-electron chi connectivity index (χ0n) is 8.29. The average molecular weight is 198 g/mol. The number of methoxy groups -OCH3 is 1. The fraction of sp³-hybridized carbons (Fsp3) is 0.500. The van der Waals surface area contributed by atoms with E-state index in [1.165, 1.54) is 6.07 Å². The zero-order valence-corrected chi connectivity index (χ0v) is 8.29. The monoisotopic (exact) mass is 198 g/mol. The van der Waals surface area contributed by atoms with Gasteiger partial charge in [0, 0.05) is 20.3 Å². The van der Waals surface area contributed by atoms with Crippen LogP contribution in [0, 0.1) is 5.95 Å². The van der Waals surface area contributed by atoms with Gasteiger partial charge in [-0.25, -0.2) is 4.98 Å². The zero-order chi connectivity index (χ0) is 10.2. The molecule has 1 heterocycles. The van der Waals surface area contributed by atoms with Crippen LogP contribution >= 0.6 is 0 Å². The molecule has 1 aromatic rings. The molecule has 3 nitrogen and oxygen atoms in total. The summed E-state index contributed by atoms with van der Waals surface area (Å²) in [7, 11) is 1.68. The summed E-state index contributed by atoms with van der Waals surface area (Å²) in [5.74, 6) is 0.134. The fourth-order valence-corrected chi connectivity index (χ4v) is 1.09. The molecule has 0 fully saturated rings. The first-order chi connectivity index (χ1) is 6.83. The maximum Gasteiger partial charge on any atom is 0.214 e. The van der Waals surface area contributed by atoms with E-state index < -0.39 is 5.95 Å². The van der Waals surface area contributed by atoms with Crippen LogP contribution in [-0.2, 0) is 4.74 Å². The topological polar surface area (TPSA) is 34.1 Å². The number of halogens is 1. The van der Waals surface area contributed by atoms with Crippen molar-refractivity contribution in [2.75, 3.05) is 25.6 Å². The van der Waals surface area contributed by atoms with E-state index in [1.54, 1.807) is 19.2 Å². The van der Waals surface area contributed by atoms with Gasteiger partial charge in [-0.15, -0.1) is 0 Å². The van der Waals surface area contributed by atoms with E-state index in [-0.39, 0.29) is 0 Å². The highest BCUT2D eigenvalue weighted by molar-refractivity contribution is 5.33. The highest BCUT2D eigenvalue weighted by Crippen LogP contribution is 2.03. The SMILES string of the molecule is COCCCCNc1cccc(F)n1. The fourth-order valence-electron chi connectivity index (χ4n) is 1.09. The second kappa shape index (κ2) is 6.32. The average Bonchev–Trinajstić information content (AvgIpc) is 2.18. The van der Waals surface area contributed by atoms with Gasteiger partial charge in [0.1, 0.15) is 5.82 Å². The van der Waals surface area contributed by atoms with Gasteiger partial charge in [0.2, 0.25) is 5.95 Å². The van der Waals surface area contributed by atoms with Crippen molar-refractivity contribution in [3.63, 3.8) is 0 Å². The molecule has 0 amide bonds. The lowest BCUT2D eigenvalue weighted by Crippen LogP contribution is -2.04. The number of rotatable bonds is 6. The summed E-state index contributed by atoms with van der Waals surface area (Å²) >= 11 is 0. The molecule has 0 aliphatic rings. The number of pyridine rings is 1. The summed E-state index contributed by atoms with van der Waals surface area (Å²) in [5.41, 5.74) is 0. The number of nitrogens with zero attached hydrogens (tertiary/aromatic N) is 1. The molecule has 0 unspecified atom stereocenters. The molecule has 0 atom stereocenters. The number of aromatic nitrogens is 1. The lowest BCUT2D eigenvalue weighted by atomic mass is 10.3. The van der Waals surface area contributed by atoms with E-state index in [1.807, 2.05) is 0 Å². The Balaban J connectivity index is 2.18. The lowest BCUT2D eigenvalue weighted by Gasteiger charge is -2.04. The Kier molecular flexibility index (Phi) is 4.93. The molecule has 14 heavy (non-hydrogen) atoms. The highest BCUT2D eigenvalue weighted by Gasteiger charge is 1.94. The van der Waals surface area contributed by atoms with Gasteiger partial charge in [-0.05, 0) is 25.0 Å². The Morgan fingerprint density at radius 2 is 2.29 bits per heavy atom. The van der Waals surface area contributed by atoms with Gasteiger partial charge in [-0.1, -0.05) is 6.07 Å². The van der Waals surface area contributed by atoms with Crippen molar-refractivity contribution in [1.82, 2.24) is 4.98 Å². The summed E-state index contributed by atoms with van der Waals surface area (Å²) in [6.07, 6.45) is 1.99. The van der Waals surface area contributed by atoms with E-state index in [0.29, 0.717) is 5.82 Å². The first-order valence-electron chi connectivity index (χ1n) is 4.68. The molecule has 0 aliphatic heterocycles. The highest BCUT2D eigenvalue weighted by atomic mass is 19.1. The third-order valence-corrected chi connectivity index (χ3v) is 1.80. The number of nitrogens with one attached hydrogen (secondary N) is 1. The minimum atomic E-state index is -0.452. The van der Waals surface area contributed by atoms with Crippen LogP contribution in [0.1, 0.15) is 12.8 Å². The summed E-state index contributed by atoms with van der Waals surface area (Å²) in [4.78, 5) is 3.68. The molecule has 1 aromatic heterocycles. The standard InChI is InChI=1S/C10H15FN2O/c1-14-8-3-2-7-12-10-6-4-5-9(11)13-10/h4-6H,2-3,7-8H2,1H3,(H,12,13). The Labute approximate surface area is 83.3 Å². The largest absolute Gasteiger partial charge is 0.385 e. The normalized spacial score (nSPS) is 10.1. The van der Waals surface area contributed by atoms with Gasteiger partial charge in [0.05, 0.1) is 0 Å². The van der Waals surface area contributed by atoms with Crippen molar-refractivity contribution in [3.05, 3.63) is 24.1 Å². The summed E-state index contributed by atoms with van der Waals surface area (Å²) in [6.45, 7) is 1.55. The van der Waals surface area contributed by atoms with Gasteiger partial charge >= 0.3 is 0 Å². The summed E-state index contributed by atoms with van der Waals surface area (Å²) < 4.78 is 17.5. The van der Waals surface area contributed by atoms with Crippen LogP contribution < -0.4 is 5.32 Å². The van der Waals surface area contributed by atoms with Crippen molar-refractivity contribution in [2.24, 2.45) is 0 Å². The van der Waals surface area contributed by atoms with Crippen molar-refractivity contribution < 1.29 is 9.13 Å². The first kappa shape index (κ1) is 10.9. The van der Waals surface area contributed by atoms with Crippen molar-refractivity contribution in [1.29, 1.82) is 0 Å². The number of hydrogen-bond donors (Lipinski definition) is 1. The van der Waals surface area contributed by atoms with E-state index in [9.17, 15) is 4.39 Å². The third kappa shape index (κ3) is 4.18. The summed E-state index contributed by atoms with van der Waals surface area (Å²) in [5, 5.41) is 3.04. The molecule has 1 rings (SSSR count). The first-order valence-corrected chi connectivity index (χ1v) is 4.68. The van der Waals surface area contributed by atoms with Gasteiger partial charge in [-0.3, -0.25) is 0 Å². The molecule has 78 valence electrons. The van der Waals surface area contributed by atoms with Gasteiger partial charge in [0.25, 0.3) is 0 Å². The van der Waals surface area contributed by atoms with E-state index in [2.05, 4.69) is 10.3 Å². The van der Waals surface area contributed by atoms with Gasteiger partial charge in [-0.2, -0.15) is 4.39 Å². The van der Waals surface area contributed by atoms with Crippen LogP contribution in [0.5, 0.6) is 0 Å². The Morgan fingerprint density at radius 3 is 3.00 bits per heavy atom. The molecular formula is C10H15FN2O. The van der Waals surface area contributed by atoms with Crippen LogP contribution in [0.2, 0.25) is 0 Å². The summed E-state index contributed by atoms with van der Waals surface area (Å²) in [6, 6.07) is 4.72. The lowest BCUT2D eigenvalue weighted by molar-refractivity contribution is 0.194. The van der Waals surface area contributed by atoms with Crippen LogP contribution in [-0.4, -0.2) is 25.2 Å². The van der Waals surface area contributed by atoms with E-state index in [4.69, 9.17) is 4.74 Å². The Hall–Kier alpha value is -1.16. The Morgan fingerprint density at radius 1 is 1.43 bits per heavy atom. The quantitative estimate of drug-likeness (QED) is 0.561. The second-order valence-electron chi connectivity index (χ2n) is 2.97. The van der Waals surface area contributed by atoms with Crippen LogP contribution in [0.3, 0.4) is 0 Å². The van der Waals surface area contributed by atoms with Gasteiger partial charge in [0.15, 0.2) is 0 Å². The van der Waals surface area contributed by atoms with Crippen molar-refractivity contribution >= 4 is 5.82 Å². The minimum absolute atomic E-state index is 0.452. The molecule has 0 saturated heterocycles. The molecule has 0 aromatic carbocycles. The Bertz CT molecular complexity index is 268. The molecule has 0 spiro atoms. The smallest absolute Gasteiger partial charge is 0.214 e. The molecular weight excluding hydrogens is 183 g/mol. The number of hydrogen-bond acceptors (Lipinski definition) is 3. The molecule has 1 N–H and O–H groups in total. The van der Waals surface area contributed by atoms with E-state index >= 15 is 0 Å². The number of ether oxygens (including phenoxy) is 1. The number of unbranched alkanes of at least 4 members (excludes halogenated alkanes) is 1. The van der Waals surface area contributed by atoms with Gasteiger partial charge < -0.3 is 10.1 Å². The third-order valence-electron chi connectivity index (χ3n) is 1.80. The maximum atomic E-state index is 12.6. The maximum absolute atomic E-state index is 12.6. The van der Waals surface area contributed by atoms with Crippen LogP contribution in [0.15, 0.2) is 18.2 Å². The molecule has 0 bridgehead atoms. The van der Waals surface area contributed by atoms with Crippen molar-refractivity contribution in [3.8, 4) is 0 Å². The molecule has 4 heteroatoms. The number of anilines is 1. The van der Waals surface area contributed by atoms with Crippen LogP contribution in [0.4, 0.5) is 10.2 Å². The molecule has 0 saturated carbocycles. The second-order valence-corrected chi connectivity index (χ2v) is 2.97. The van der Waals surface area contributed by atoms with Crippen molar-refractivity contribution in [2.45, 2.75) is 12.8 Å². The minimum Gasteiger partial charge on any atom is -0.385 e. The molecule has 0 aliphatic carbocycles. The van der Waals surface area contributed by atoms with E-state index in [0.717, 1.165) is 26.0 Å². The van der Waals surface area contributed by atoms with Crippen LogP contribution in [0.25, 0.3) is 0 Å². The predicted molar refractivity (Wildman–Crippen MR) is 53.8 cm³/mol. The molecule has 0 radical (unpaired) electrons. The predicted octanol–water partition coefficient (Wildman–Crippen LogP) is 2.06.